The molecule has 0 atom stereocenters. The first kappa shape index (κ1) is 71.9. The molecule has 6 aromatic rings. The molecule has 6 rings (SSSR count). The SMILES string of the molecule is FC(F)(F)c1ccc(P(c2ccc(C(F)(F)F)c(C(F)(F)F)c2C(F)(F)F)c2ccc[c-]2P(c2ccc(C(F)(F)F)c(C(F)(F)F)c2C(F)(F)F)c2ccc(C(F)(F)F)c(C(F)(F)F)c2C(F)(F)F)c(C(F)(F)F)c1C(F)(F)F.[Fe].[cH-]1[cH-][cH-][cH-][cH-]1. The number of hydrogen-bond acceptors (Lipinski definition) is 0. The van der Waals surface area contributed by atoms with Gasteiger partial charge in [-0.15, -0.1) is 10.6 Å². The minimum Gasteiger partial charge on any atom is -0.748 e. The summed E-state index contributed by atoms with van der Waals surface area (Å²) >= 11 is 0. The van der Waals surface area contributed by atoms with Gasteiger partial charge in [0, 0.05) is 17.1 Å². The van der Waals surface area contributed by atoms with E-state index < -0.39 is 249 Å². The zero-order valence-electron chi connectivity index (χ0n) is 39.1. The van der Waals surface area contributed by atoms with Crippen LogP contribution < -0.4 is 31.8 Å². The van der Waals surface area contributed by atoms with E-state index in [0.29, 0.717) is 0 Å². The van der Waals surface area contributed by atoms with Gasteiger partial charge >= 0.3 is 74.1 Å². The van der Waals surface area contributed by atoms with Crippen LogP contribution in [0.15, 0.2) is 97.1 Å². The number of rotatable bonds is 6. The van der Waals surface area contributed by atoms with Crippen LogP contribution in [0.1, 0.15) is 66.8 Å². The van der Waals surface area contributed by atoms with Gasteiger partial charge in [-0.3, -0.25) is 0 Å². The molecule has 85 heavy (non-hydrogen) atoms. The summed E-state index contributed by atoms with van der Waals surface area (Å²) in [6.45, 7) is 0. The Morgan fingerprint density at radius 3 is 0.647 bits per heavy atom. The summed E-state index contributed by atoms with van der Waals surface area (Å²) in [6, 6.07) is -0.369. The van der Waals surface area contributed by atoms with Crippen molar-refractivity contribution >= 4 is 47.7 Å². The van der Waals surface area contributed by atoms with Gasteiger partial charge in [0.05, 0.1) is 66.8 Å². The second-order valence-electron chi connectivity index (χ2n) is 16.4. The molecule has 0 aliphatic rings. The summed E-state index contributed by atoms with van der Waals surface area (Å²) < 4.78 is 529. The predicted octanol–water partition coefficient (Wildman–Crippen LogP) is 18.6. The fraction of sp³-hybridized carbons (Fsp3) is 0.261. The van der Waals surface area contributed by atoms with Gasteiger partial charge in [0.15, 0.2) is 0 Å². The molecule has 0 fully saturated rings. The molecule has 39 heteroatoms. The molecule has 0 amide bonds. The predicted molar refractivity (Wildman–Crippen MR) is 222 cm³/mol. The fourth-order valence-corrected chi connectivity index (χ4v) is 14.2. The van der Waals surface area contributed by atoms with Crippen LogP contribution in [0, 0.1) is 0 Å². The van der Waals surface area contributed by atoms with Crippen molar-refractivity contribution < 1.29 is 175 Å². The number of hydrogen-bond donors (Lipinski definition) is 0. The standard InChI is InChI=1S/C41H11F36P2.C5H5.Fe/c42-30(43,44)12-4-8-18(26(38(66,67)68)22(12)34(54,55)56)78(19-9-5-13(31(45,46)47)23(35(57,58)59)27(19)39(69,70)71)16-2-1-3-17(16)79(20-10-6-14(32(48,49)50)24(36(60,61)62)28(20)40(72,73)74)21-11-7-15(33(51,52)53)25(37(63,64)65)29(21)41(75,76)77;1-2-4-5-3-1;/h1-11H;1-5H;/q-1;-5;. The van der Waals surface area contributed by atoms with Gasteiger partial charge in [-0.1, -0.05) is 32.2 Å². The second kappa shape index (κ2) is 23.2. The van der Waals surface area contributed by atoms with Gasteiger partial charge < -0.3 is 30.3 Å². The Morgan fingerprint density at radius 2 is 0.447 bits per heavy atom. The average molecular weight is 1370 g/mol. The van der Waals surface area contributed by atoms with E-state index in [0.717, 1.165) is 0 Å². The fourth-order valence-electron chi connectivity index (χ4n) is 8.26. The van der Waals surface area contributed by atoms with Gasteiger partial charge in [0.25, 0.3) is 0 Å². The zero-order chi connectivity index (χ0) is 64.9. The van der Waals surface area contributed by atoms with Crippen LogP contribution in [-0.4, -0.2) is 0 Å². The maximum atomic E-state index is 15.2. The maximum absolute atomic E-state index is 15.2. The van der Waals surface area contributed by atoms with Gasteiger partial charge in [0.1, 0.15) is 0 Å². The monoisotopic (exact) mass is 1370 g/mol. The first-order chi connectivity index (χ1) is 37.4. The molecular formula is C46H16F36FeP2-6. The van der Waals surface area contributed by atoms with E-state index in [4.69, 9.17) is 0 Å². The molecule has 0 aliphatic heterocycles. The van der Waals surface area contributed by atoms with Crippen molar-refractivity contribution in [2.75, 3.05) is 0 Å². The molecule has 0 unspecified atom stereocenters. The van der Waals surface area contributed by atoms with Crippen molar-refractivity contribution in [3.63, 3.8) is 0 Å². The molecular weight excluding hydrogens is 1350 g/mol. The third kappa shape index (κ3) is 15.2. The molecule has 0 aliphatic carbocycles. The number of halogens is 36. The molecule has 0 N–H and O–H groups in total. The van der Waals surface area contributed by atoms with Crippen LogP contribution >= 0.6 is 15.8 Å². The molecule has 476 valence electrons. The molecule has 0 spiro atoms. The first-order valence-corrected chi connectivity index (χ1v) is 23.6. The van der Waals surface area contributed by atoms with Crippen LogP contribution in [0.4, 0.5) is 158 Å². The van der Waals surface area contributed by atoms with Crippen molar-refractivity contribution in [2.45, 2.75) is 74.1 Å². The van der Waals surface area contributed by atoms with Gasteiger partial charge in [-0.05, 0) is 53.4 Å². The van der Waals surface area contributed by atoms with Gasteiger partial charge in [-0.2, -0.15) is 164 Å². The first-order valence-electron chi connectivity index (χ1n) is 20.9. The molecule has 0 heterocycles. The minimum atomic E-state index is -7.33. The normalized spacial score (nSPS) is 14.0. The van der Waals surface area contributed by atoms with E-state index in [1.165, 1.54) is 0 Å². The third-order valence-corrected chi connectivity index (χ3v) is 16.3. The Balaban J connectivity index is 0.00000245. The van der Waals surface area contributed by atoms with Crippen LogP contribution in [-0.2, 0) is 91.2 Å². The van der Waals surface area contributed by atoms with Gasteiger partial charge in [-0.25, -0.2) is 12.1 Å². The maximum Gasteiger partial charge on any atom is 0.417 e. The molecule has 0 radical (unpaired) electrons. The molecule has 0 nitrogen and oxygen atoms in total. The van der Waals surface area contributed by atoms with Crippen molar-refractivity contribution in [3.05, 3.63) is 164 Å². The van der Waals surface area contributed by atoms with E-state index in [1.807, 2.05) is 30.3 Å². The quantitative estimate of drug-likeness (QED) is 0.0675. The summed E-state index contributed by atoms with van der Waals surface area (Å²) in [4.78, 5) is 0. The van der Waals surface area contributed by atoms with Crippen LogP contribution in [0.5, 0.6) is 0 Å². The summed E-state index contributed by atoms with van der Waals surface area (Å²) in [7, 11) is -11.5. The smallest absolute Gasteiger partial charge is 0.417 e. The van der Waals surface area contributed by atoms with E-state index in [2.05, 4.69) is 0 Å². The van der Waals surface area contributed by atoms with E-state index in [1.54, 1.807) is 0 Å². The summed E-state index contributed by atoms with van der Waals surface area (Å²) in [5.41, 5.74) is -47.3. The second-order valence-corrected chi connectivity index (χ2v) is 20.7. The Hall–Kier alpha value is -5.56. The van der Waals surface area contributed by atoms with E-state index >= 15 is 52.7 Å². The Morgan fingerprint density at radius 1 is 0.247 bits per heavy atom. The average Bonchev–Trinajstić information content (AvgIpc) is 1.58. The topological polar surface area (TPSA) is 0 Å². The van der Waals surface area contributed by atoms with Crippen molar-refractivity contribution in [2.24, 2.45) is 0 Å². The minimum absolute atomic E-state index is 0. The number of benzene rings is 4. The molecule has 0 saturated heterocycles. The molecule has 0 saturated carbocycles. The molecule has 6 aromatic carbocycles. The molecule has 0 aromatic heterocycles. The van der Waals surface area contributed by atoms with Crippen LogP contribution in [0.25, 0.3) is 0 Å². The van der Waals surface area contributed by atoms with Crippen LogP contribution in [0.3, 0.4) is 0 Å². The zero-order valence-corrected chi connectivity index (χ0v) is 42.0. The Bertz CT molecular complexity index is 2910. The van der Waals surface area contributed by atoms with Gasteiger partial charge in [0.2, 0.25) is 0 Å². The number of alkyl halides is 36. The largest absolute Gasteiger partial charge is 0.748 e. The van der Waals surface area contributed by atoms with Crippen molar-refractivity contribution in [1.82, 2.24) is 0 Å². The van der Waals surface area contributed by atoms with Crippen molar-refractivity contribution in [3.8, 4) is 0 Å². The summed E-state index contributed by atoms with van der Waals surface area (Å²) in [5, 5.41) is -17.4. The third-order valence-electron chi connectivity index (χ3n) is 11.0. The molecule has 0 bridgehead atoms. The van der Waals surface area contributed by atoms with E-state index in [9.17, 15) is 105 Å². The summed E-state index contributed by atoms with van der Waals surface area (Å²) in [5.74, 6) is 0. The Labute approximate surface area is 460 Å². The van der Waals surface area contributed by atoms with E-state index in [-0.39, 0.29) is 23.1 Å². The summed E-state index contributed by atoms with van der Waals surface area (Å²) in [6.07, 6.45) is -85.4. The van der Waals surface area contributed by atoms with Crippen LogP contribution in [0.2, 0.25) is 0 Å². The van der Waals surface area contributed by atoms with Crippen molar-refractivity contribution in [1.29, 1.82) is 0 Å². The Kier molecular flexibility index (Phi) is 19.6.